The van der Waals surface area contributed by atoms with Gasteiger partial charge in [0.05, 0.1) is 18.6 Å². The van der Waals surface area contributed by atoms with Crippen LogP contribution < -0.4 is 0 Å². The molecule has 12 heavy (non-hydrogen) atoms. The van der Waals surface area contributed by atoms with Crippen LogP contribution in [-0.2, 0) is 14.3 Å². The summed E-state index contributed by atoms with van der Waals surface area (Å²) in [6.45, 7) is 5.56. The van der Waals surface area contributed by atoms with Crippen molar-refractivity contribution in [2.75, 3.05) is 0 Å². The van der Waals surface area contributed by atoms with E-state index in [0.717, 1.165) is 6.42 Å². The molecule has 0 amide bonds. The summed E-state index contributed by atoms with van der Waals surface area (Å²) < 4.78 is 10.8. The Kier molecular flexibility index (Phi) is 3.23. The highest BCUT2D eigenvalue weighted by Gasteiger charge is 2.25. The van der Waals surface area contributed by atoms with Crippen LogP contribution in [0.3, 0.4) is 0 Å². The predicted octanol–water partition coefficient (Wildman–Crippen LogP) is 1.51. The first kappa shape index (κ1) is 9.68. The first-order valence-electron chi connectivity index (χ1n) is 4.38. The molecule has 0 aromatic heterocycles. The first-order valence-corrected chi connectivity index (χ1v) is 4.38. The Morgan fingerprint density at radius 1 is 1.33 bits per heavy atom. The average molecular weight is 172 g/mol. The number of hydrogen-bond donors (Lipinski definition) is 0. The van der Waals surface area contributed by atoms with Crippen molar-refractivity contribution in [3.8, 4) is 0 Å². The Morgan fingerprint density at radius 2 is 1.83 bits per heavy atom. The summed E-state index contributed by atoms with van der Waals surface area (Å²) in [6, 6.07) is 0. The average Bonchev–Trinajstić information content (AvgIpc) is 1.81. The molecule has 0 aliphatic carbocycles. The van der Waals surface area contributed by atoms with E-state index < -0.39 is 0 Å². The van der Waals surface area contributed by atoms with Crippen molar-refractivity contribution in [3.63, 3.8) is 0 Å². The number of rotatable bonds is 2. The van der Waals surface area contributed by atoms with Gasteiger partial charge in [-0.05, 0) is 27.2 Å². The van der Waals surface area contributed by atoms with Crippen LogP contribution in [-0.4, -0.2) is 24.3 Å². The van der Waals surface area contributed by atoms with Gasteiger partial charge < -0.3 is 9.47 Å². The Hall–Kier alpha value is -0.410. The first-order chi connectivity index (χ1) is 5.58. The molecule has 1 rings (SSSR count). The van der Waals surface area contributed by atoms with E-state index in [4.69, 9.17) is 9.47 Å². The minimum absolute atomic E-state index is 0.112. The van der Waals surface area contributed by atoms with Crippen LogP contribution in [0.2, 0.25) is 0 Å². The molecule has 0 aromatic rings. The normalized spacial score (nSPS) is 36.4. The molecule has 0 spiro atoms. The summed E-state index contributed by atoms with van der Waals surface area (Å²) in [4.78, 5) is 10.8. The largest absolute Gasteiger partial charge is 0.349 e. The molecule has 3 nitrogen and oxygen atoms in total. The fourth-order valence-corrected chi connectivity index (χ4v) is 1.46. The van der Waals surface area contributed by atoms with Crippen LogP contribution in [0.1, 0.15) is 33.6 Å². The molecule has 1 heterocycles. The fraction of sp³-hybridized carbons (Fsp3) is 0.889. The highest BCUT2D eigenvalue weighted by atomic mass is 16.7. The van der Waals surface area contributed by atoms with E-state index in [0.29, 0.717) is 6.42 Å². The van der Waals surface area contributed by atoms with Crippen LogP contribution >= 0.6 is 0 Å². The lowest BCUT2D eigenvalue weighted by Gasteiger charge is -2.32. The fourth-order valence-electron chi connectivity index (χ4n) is 1.46. The van der Waals surface area contributed by atoms with Gasteiger partial charge in [-0.3, -0.25) is 4.79 Å². The molecule has 3 heteroatoms. The second-order valence-corrected chi connectivity index (χ2v) is 3.46. The molecule has 0 radical (unpaired) electrons. The Labute approximate surface area is 73.0 Å². The second kappa shape index (κ2) is 4.01. The zero-order chi connectivity index (χ0) is 9.14. The molecule has 0 unspecified atom stereocenters. The van der Waals surface area contributed by atoms with Crippen molar-refractivity contribution >= 4 is 5.78 Å². The Balaban J connectivity index is 2.38. The molecule has 1 fully saturated rings. The van der Waals surface area contributed by atoms with Crippen LogP contribution in [0, 0.1) is 0 Å². The molecular formula is C9H16O3. The predicted molar refractivity (Wildman–Crippen MR) is 44.8 cm³/mol. The summed E-state index contributed by atoms with van der Waals surface area (Å²) in [7, 11) is 0. The zero-order valence-corrected chi connectivity index (χ0v) is 7.87. The number of ketones is 1. The van der Waals surface area contributed by atoms with Gasteiger partial charge in [0.2, 0.25) is 0 Å². The molecule has 1 aliphatic rings. The number of ether oxygens (including phenoxy) is 2. The molecule has 70 valence electrons. The van der Waals surface area contributed by atoms with Gasteiger partial charge in [0.1, 0.15) is 5.78 Å². The molecule has 2 atom stereocenters. The quantitative estimate of drug-likeness (QED) is 0.633. The van der Waals surface area contributed by atoms with Crippen molar-refractivity contribution in [2.24, 2.45) is 0 Å². The number of carbonyl (C=O) groups excluding carboxylic acids is 1. The van der Waals surface area contributed by atoms with Crippen molar-refractivity contribution in [2.45, 2.75) is 52.1 Å². The maximum absolute atomic E-state index is 10.8. The third-order valence-electron chi connectivity index (χ3n) is 1.89. The third kappa shape index (κ3) is 2.91. The molecular weight excluding hydrogens is 156 g/mol. The molecule has 0 saturated carbocycles. The second-order valence-electron chi connectivity index (χ2n) is 3.46. The van der Waals surface area contributed by atoms with Gasteiger partial charge in [-0.25, -0.2) is 0 Å². The van der Waals surface area contributed by atoms with Crippen molar-refractivity contribution in [1.29, 1.82) is 0 Å². The van der Waals surface area contributed by atoms with E-state index >= 15 is 0 Å². The van der Waals surface area contributed by atoms with Gasteiger partial charge in [-0.2, -0.15) is 0 Å². The summed E-state index contributed by atoms with van der Waals surface area (Å²) >= 11 is 0. The number of Topliss-reactive ketones (excluding diaryl/α,β-unsaturated/α-hetero) is 1. The standard InChI is InChI=1S/C9H16O3/c1-6(10)4-9-11-7(2)5-8(3)12-9/h7-9H,4-5H2,1-3H3/t7-,8-/m1/s1. The highest BCUT2D eigenvalue weighted by molar-refractivity contribution is 5.75. The maximum atomic E-state index is 10.8. The molecule has 0 bridgehead atoms. The van der Waals surface area contributed by atoms with E-state index in [1.54, 1.807) is 6.92 Å². The topological polar surface area (TPSA) is 35.5 Å². The minimum Gasteiger partial charge on any atom is -0.349 e. The monoisotopic (exact) mass is 172 g/mol. The van der Waals surface area contributed by atoms with Crippen LogP contribution in [0.4, 0.5) is 0 Å². The zero-order valence-electron chi connectivity index (χ0n) is 7.87. The highest BCUT2D eigenvalue weighted by Crippen LogP contribution is 2.19. The molecule has 1 saturated heterocycles. The smallest absolute Gasteiger partial charge is 0.165 e. The van der Waals surface area contributed by atoms with Crippen LogP contribution in [0.25, 0.3) is 0 Å². The van der Waals surface area contributed by atoms with E-state index in [1.165, 1.54) is 0 Å². The SMILES string of the molecule is CC(=O)CC1O[C@H](C)C[C@@H](C)O1. The van der Waals surface area contributed by atoms with E-state index in [2.05, 4.69) is 0 Å². The lowest BCUT2D eigenvalue weighted by atomic mass is 10.1. The van der Waals surface area contributed by atoms with E-state index in [-0.39, 0.29) is 24.3 Å². The Bertz CT molecular complexity index is 157. The summed E-state index contributed by atoms with van der Waals surface area (Å²) in [5, 5.41) is 0. The summed E-state index contributed by atoms with van der Waals surface area (Å²) in [5.41, 5.74) is 0. The molecule has 0 N–H and O–H groups in total. The maximum Gasteiger partial charge on any atom is 0.165 e. The van der Waals surface area contributed by atoms with E-state index in [1.807, 2.05) is 13.8 Å². The van der Waals surface area contributed by atoms with Gasteiger partial charge in [0, 0.05) is 0 Å². The van der Waals surface area contributed by atoms with Crippen molar-refractivity contribution in [3.05, 3.63) is 0 Å². The third-order valence-corrected chi connectivity index (χ3v) is 1.89. The molecule has 0 aromatic carbocycles. The number of hydrogen-bond acceptors (Lipinski definition) is 3. The van der Waals surface area contributed by atoms with Crippen LogP contribution in [0.15, 0.2) is 0 Å². The van der Waals surface area contributed by atoms with Gasteiger partial charge in [-0.1, -0.05) is 0 Å². The lowest BCUT2D eigenvalue weighted by molar-refractivity contribution is -0.234. The summed E-state index contributed by atoms with van der Waals surface area (Å²) in [6.07, 6.45) is 1.38. The van der Waals surface area contributed by atoms with Gasteiger partial charge in [0.25, 0.3) is 0 Å². The Morgan fingerprint density at radius 3 is 2.25 bits per heavy atom. The van der Waals surface area contributed by atoms with Gasteiger partial charge >= 0.3 is 0 Å². The van der Waals surface area contributed by atoms with Crippen molar-refractivity contribution in [1.82, 2.24) is 0 Å². The van der Waals surface area contributed by atoms with Gasteiger partial charge in [0.15, 0.2) is 6.29 Å². The van der Waals surface area contributed by atoms with Gasteiger partial charge in [-0.15, -0.1) is 0 Å². The lowest BCUT2D eigenvalue weighted by Crippen LogP contribution is -2.36. The summed E-state index contributed by atoms with van der Waals surface area (Å²) in [5.74, 6) is 0.112. The van der Waals surface area contributed by atoms with Crippen molar-refractivity contribution < 1.29 is 14.3 Å². The minimum atomic E-state index is -0.318. The van der Waals surface area contributed by atoms with Crippen LogP contribution in [0.5, 0.6) is 0 Å². The number of carbonyl (C=O) groups is 1. The molecule has 1 aliphatic heterocycles. The van der Waals surface area contributed by atoms with E-state index in [9.17, 15) is 4.79 Å².